The predicted molar refractivity (Wildman–Crippen MR) is 98.1 cm³/mol. The third-order valence-corrected chi connectivity index (χ3v) is 6.73. The molecule has 0 spiro atoms. The summed E-state index contributed by atoms with van der Waals surface area (Å²) >= 11 is 5.98. The first kappa shape index (κ1) is 16.8. The van der Waals surface area contributed by atoms with Gasteiger partial charge in [-0.3, -0.25) is 19.3 Å². The van der Waals surface area contributed by atoms with Crippen LogP contribution in [0.15, 0.2) is 30.4 Å². The molecule has 0 aromatic heterocycles. The van der Waals surface area contributed by atoms with E-state index in [-0.39, 0.29) is 42.0 Å². The normalized spacial score (nSPS) is 35.1. The molecular weight excluding hydrogens is 368 g/mol. The molecule has 3 fully saturated rings. The Labute approximate surface area is 161 Å². The van der Waals surface area contributed by atoms with Crippen molar-refractivity contribution in [1.82, 2.24) is 4.90 Å². The van der Waals surface area contributed by atoms with E-state index in [2.05, 4.69) is 17.5 Å². The summed E-state index contributed by atoms with van der Waals surface area (Å²) in [6, 6.07) is 4.88. The minimum Gasteiger partial charge on any atom is -0.495 e. The average Bonchev–Trinajstić information content (AvgIpc) is 3.43. The molecule has 4 aliphatic carbocycles. The highest BCUT2D eigenvalue weighted by Gasteiger charge is 2.67. The molecule has 2 saturated carbocycles. The van der Waals surface area contributed by atoms with E-state index in [4.69, 9.17) is 16.3 Å². The van der Waals surface area contributed by atoms with Crippen LogP contribution in [-0.4, -0.2) is 36.3 Å². The van der Waals surface area contributed by atoms with Crippen molar-refractivity contribution in [1.29, 1.82) is 0 Å². The Hall–Kier alpha value is -2.34. The first-order valence-corrected chi connectivity index (χ1v) is 9.54. The number of hydrogen-bond donors (Lipinski definition) is 1. The van der Waals surface area contributed by atoms with Gasteiger partial charge in [0.25, 0.3) is 0 Å². The third kappa shape index (κ3) is 2.42. The van der Waals surface area contributed by atoms with E-state index in [1.165, 1.54) is 7.11 Å². The van der Waals surface area contributed by atoms with Gasteiger partial charge in [0.15, 0.2) is 0 Å². The topological polar surface area (TPSA) is 75.7 Å². The first-order chi connectivity index (χ1) is 13.0. The number of ether oxygens (including phenoxy) is 1. The number of hydrogen-bond acceptors (Lipinski definition) is 4. The lowest BCUT2D eigenvalue weighted by atomic mass is 9.63. The third-order valence-electron chi connectivity index (χ3n) is 6.49. The Morgan fingerprint density at radius 2 is 1.81 bits per heavy atom. The molecule has 1 aromatic rings. The second kappa shape index (κ2) is 5.83. The van der Waals surface area contributed by atoms with Crippen LogP contribution in [0.2, 0.25) is 5.02 Å². The summed E-state index contributed by atoms with van der Waals surface area (Å²) in [6.45, 7) is -0.283. The number of carbonyl (C=O) groups is 3. The summed E-state index contributed by atoms with van der Waals surface area (Å²) < 4.78 is 5.21. The highest BCUT2D eigenvalue weighted by Crippen LogP contribution is 2.65. The van der Waals surface area contributed by atoms with Gasteiger partial charge in [0.1, 0.15) is 12.3 Å². The van der Waals surface area contributed by atoms with Crippen LogP contribution in [0, 0.1) is 35.5 Å². The number of halogens is 1. The SMILES string of the molecule is COc1ccc(Cl)cc1NC(=O)CN1C(=O)[C@@H]2[C@H]3C=C[C@@H]([C@@H]4C[C@@H]34)[C@@H]2C1=O. The van der Waals surface area contributed by atoms with Gasteiger partial charge in [-0.05, 0) is 48.3 Å². The molecule has 7 heteroatoms. The molecule has 6 nitrogen and oxygen atoms in total. The van der Waals surface area contributed by atoms with Crippen LogP contribution in [0.4, 0.5) is 5.69 Å². The summed E-state index contributed by atoms with van der Waals surface area (Å²) in [6.07, 6.45) is 5.35. The summed E-state index contributed by atoms with van der Waals surface area (Å²) in [4.78, 5) is 39.5. The number of nitrogens with zero attached hydrogens (tertiary/aromatic N) is 1. The molecule has 6 atom stereocenters. The van der Waals surface area contributed by atoms with Gasteiger partial charge < -0.3 is 10.1 Å². The van der Waals surface area contributed by atoms with Gasteiger partial charge >= 0.3 is 0 Å². The zero-order valence-corrected chi connectivity index (χ0v) is 15.5. The Balaban J connectivity index is 1.33. The van der Waals surface area contributed by atoms with Crippen LogP contribution in [0.1, 0.15) is 6.42 Å². The van der Waals surface area contributed by atoms with Crippen LogP contribution in [-0.2, 0) is 14.4 Å². The summed E-state index contributed by atoms with van der Waals surface area (Å²) in [7, 11) is 1.49. The molecule has 2 bridgehead atoms. The molecule has 0 unspecified atom stereocenters. The number of amides is 3. The van der Waals surface area contributed by atoms with Crippen molar-refractivity contribution in [3.63, 3.8) is 0 Å². The van der Waals surface area contributed by atoms with Crippen molar-refractivity contribution in [2.75, 3.05) is 19.0 Å². The molecule has 1 heterocycles. The molecule has 1 saturated heterocycles. The molecule has 6 rings (SSSR count). The van der Waals surface area contributed by atoms with Crippen molar-refractivity contribution >= 4 is 35.0 Å². The number of benzene rings is 1. The number of nitrogens with one attached hydrogen (secondary N) is 1. The van der Waals surface area contributed by atoms with E-state index >= 15 is 0 Å². The quantitative estimate of drug-likeness (QED) is 0.636. The Kier molecular flexibility index (Phi) is 3.63. The lowest BCUT2D eigenvalue weighted by molar-refractivity contribution is -0.142. The molecule has 5 aliphatic rings. The van der Waals surface area contributed by atoms with Crippen LogP contribution < -0.4 is 10.1 Å². The van der Waals surface area contributed by atoms with Crippen LogP contribution >= 0.6 is 11.6 Å². The lowest BCUT2D eigenvalue weighted by Crippen LogP contribution is -2.40. The van der Waals surface area contributed by atoms with Crippen molar-refractivity contribution < 1.29 is 19.1 Å². The maximum Gasteiger partial charge on any atom is 0.244 e. The smallest absolute Gasteiger partial charge is 0.244 e. The van der Waals surface area contributed by atoms with Gasteiger partial charge in [-0.25, -0.2) is 0 Å². The van der Waals surface area contributed by atoms with Crippen LogP contribution in [0.3, 0.4) is 0 Å². The van der Waals surface area contributed by atoms with Gasteiger partial charge in [-0.15, -0.1) is 0 Å². The Morgan fingerprint density at radius 3 is 2.41 bits per heavy atom. The number of allylic oxidation sites excluding steroid dienone is 2. The van der Waals surface area contributed by atoms with E-state index in [0.717, 1.165) is 11.3 Å². The van der Waals surface area contributed by atoms with Crippen molar-refractivity contribution in [2.45, 2.75) is 6.42 Å². The molecule has 3 amide bonds. The summed E-state index contributed by atoms with van der Waals surface area (Å²) in [5.74, 6) is 0.430. The molecule has 1 aromatic carbocycles. The Morgan fingerprint density at radius 1 is 1.19 bits per heavy atom. The summed E-state index contributed by atoms with van der Waals surface area (Å²) in [5, 5.41) is 3.15. The zero-order chi connectivity index (χ0) is 18.9. The number of likely N-dealkylation sites (tertiary alicyclic amines) is 1. The zero-order valence-electron chi connectivity index (χ0n) is 14.7. The van der Waals surface area contributed by atoms with Crippen LogP contribution in [0.25, 0.3) is 0 Å². The second-order valence-corrected chi connectivity index (χ2v) is 8.25. The molecule has 0 radical (unpaired) electrons. The molecule has 1 aliphatic heterocycles. The lowest BCUT2D eigenvalue weighted by Gasteiger charge is -2.37. The van der Waals surface area contributed by atoms with Gasteiger partial charge in [0.05, 0.1) is 24.6 Å². The number of anilines is 1. The number of imide groups is 1. The van der Waals surface area contributed by atoms with Crippen LogP contribution in [0.5, 0.6) is 5.75 Å². The van der Waals surface area contributed by atoms with Crippen molar-refractivity contribution in [3.05, 3.63) is 35.4 Å². The first-order valence-electron chi connectivity index (χ1n) is 9.16. The molecule has 27 heavy (non-hydrogen) atoms. The maximum absolute atomic E-state index is 12.9. The second-order valence-electron chi connectivity index (χ2n) is 7.81. The predicted octanol–water partition coefficient (Wildman–Crippen LogP) is 2.34. The molecule has 1 N–H and O–H groups in total. The minimum absolute atomic E-state index is 0.155. The molecule has 140 valence electrons. The van der Waals surface area contributed by atoms with Gasteiger partial charge in [-0.1, -0.05) is 23.8 Å². The number of rotatable bonds is 4. The fourth-order valence-electron chi connectivity index (χ4n) is 5.29. The van der Waals surface area contributed by atoms with E-state index in [1.54, 1.807) is 18.2 Å². The van der Waals surface area contributed by atoms with Gasteiger partial charge in [0, 0.05) is 5.02 Å². The Bertz CT molecular complexity index is 862. The van der Waals surface area contributed by atoms with Crippen molar-refractivity contribution in [2.24, 2.45) is 35.5 Å². The minimum atomic E-state index is -0.443. The van der Waals surface area contributed by atoms with Crippen molar-refractivity contribution in [3.8, 4) is 5.75 Å². The summed E-state index contributed by atoms with van der Waals surface area (Å²) in [5.41, 5.74) is 0.412. The number of carbonyl (C=O) groups excluding carboxylic acids is 3. The van der Waals surface area contributed by atoms with Gasteiger partial charge in [0.2, 0.25) is 17.7 Å². The van der Waals surface area contributed by atoms with E-state index in [1.807, 2.05) is 0 Å². The standard InChI is InChI=1S/C20H19ClN2O4/c1-27-15-5-2-9(21)6-14(15)22-16(24)8-23-19(25)17-10-3-4-11(13-7-12(10)13)18(17)20(23)26/h2-6,10-13,17-18H,7-8H2,1H3,(H,22,24)/t10-,11-,12-,13-,17-,18+/m0/s1. The number of methoxy groups -OCH3 is 1. The monoisotopic (exact) mass is 386 g/mol. The fourth-order valence-corrected chi connectivity index (χ4v) is 5.46. The van der Waals surface area contributed by atoms with E-state index in [0.29, 0.717) is 28.3 Å². The molecular formula is C20H19ClN2O4. The van der Waals surface area contributed by atoms with E-state index < -0.39 is 5.91 Å². The van der Waals surface area contributed by atoms with E-state index in [9.17, 15) is 14.4 Å². The fraction of sp³-hybridized carbons (Fsp3) is 0.450. The largest absolute Gasteiger partial charge is 0.495 e. The average molecular weight is 387 g/mol. The highest BCUT2D eigenvalue weighted by atomic mass is 35.5. The maximum atomic E-state index is 12.9. The highest BCUT2D eigenvalue weighted by molar-refractivity contribution is 6.31. The van der Waals surface area contributed by atoms with Gasteiger partial charge in [-0.2, -0.15) is 0 Å².